The van der Waals surface area contributed by atoms with Gasteiger partial charge in [0.1, 0.15) is 22.5 Å². The molecule has 0 radical (unpaired) electrons. The van der Waals surface area contributed by atoms with E-state index in [4.69, 9.17) is 11.6 Å². The quantitative estimate of drug-likeness (QED) is 0.253. The maximum Gasteiger partial charge on any atom is 0.259 e. The second kappa shape index (κ2) is 9.57. The number of nitriles is 1. The number of azo groups is 1. The van der Waals surface area contributed by atoms with Crippen molar-refractivity contribution in [3.63, 3.8) is 0 Å². The molecule has 0 bridgehead atoms. The van der Waals surface area contributed by atoms with E-state index in [2.05, 4.69) is 35.6 Å². The average molecular weight is 496 g/mol. The Hall–Kier alpha value is -5.21. The standard InChI is InChI=1S/C24H14ClN9O2/c25-19-7-6-16(13-29-19)31-23(36)18-10-14-4-1-2-5-17(14)20(21(18)35)32-33-22-15(11-26)12-30-34(22)24-27-8-3-9-28-24/h1-10,12-13,35H,(H,31,36)/b33-32+. The number of nitrogens with zero attached hydrogens (tertiary/aromatic N) is 8. The maximum absolute atomic E-state index is 13.0. The molecule has 1 amide bonds. The van der Waals surface area contributed by atoms with E-state index in [0.29, 0.717) is 16.5 Å². The molecule has 0 saturated heterocycles. The summed E-state index contributed by atoms with van der Waals surface area (Å²) in [6.07, 6.45) is 5.76. The fraction of sp³-hybridized carbons (Fsp3) is 0. The van der Waals surface area contributed by atoms with Crippen LogP contribution in [0.25, 0.3) is 16.7 Å². The molecule has 11 nitrogen and oxygen atoms in total. The van der Waals surface area contributed by atoms with Crippen molar-refractivity contribution in [2.45, 2.75) is 0 Å². The zero-order valence-electron chi connectivity index (χ0n) is 18.2. The lowest BCUT2D eigenvalue weighted by atomic mass is 10.0. The molecule has 5 aromatic rings. The summed E-state index contributed by atoms with van der Waals surface area (Å²) in [5.74, 6) is -0.724. The number of fused-ring (bicyclic) bond motifs is 1. The highest BCUT2D eigenvalue weighted by Crippen LogP contribution is 2.40. The Bertz CT molecular complexity index is 1660. The van der Waals surface area contributed by atoms with Crippen LogP contribution in [0.2, 0.25) is 5.15 Å². The van der Waals surface area contributed by atoms with E-state index in [9.17, 15) is 15.2 Å². The zero-order valence-corrected chi connectivity index (χ0v) is 19.0. The van der Waals surface area contributed by atoms with Crippen molar-refractivity contribution in [1.29, 1.82) is 5.26 Å². The van der Waals surface area contributed by atoms with Crippen LogP contribution in [0.3, 0.4) is 0 Å². The Labute approximate surface area is 208 Å². The number of phenols is 1. The van der Waals surface area contributed by atoms with E-state index >= 15 is 0 Å². The molecule has 5 rings (SSSR count). The minimum absolute atomic E-state index is 0.0296. The van der Waals surface area contributed by atoms with Crippen LogP contribution in [0.4, 0.5) is 17.2 Å². The van der Waals surface area contributed by atoms with E-state index < -0.39 is 11.7 Å². The first-order valence-corrected chi connectivity index (χ1v) is 10.8. The summed E-state index contributed by atoms with van der Waals surface area (Å²) < 4.78 is 1.26. The number of rotatable bonds is 5. The number of anilines is 1. The fourth-order valence-corrected chi connectivity index (χ4v) is 3.51. The van der Waals surface area contributed by atoms with Gasteiger partial charge >= 0.3 is 0 Å². The van der Waals surface area contributed by atoms with Crippen LogP contribution in [0.5, 0.6) is 5.75 Å². The number of aromatic nitrogens is 5. The van der Waals surface area contributed by atoms with Crippen LogP contribution < -0.4 is 5.32 Å². The van der Waals surface area contributed by atoms with Crippen molar-refractivity contribution >= 4 is 45.5 Å². The lowest BCUT2D eigenvalue weighted by Crippen LogP contribution is -2.12. The summed E-state index contributed by atoms with van der Waals surface area (Å²) in [4.78, 5) is 25.2. The summed E-state index contributed by atoms with van der Waals surface area (Å²) in [5.41, 5.74) is 0.529. The third kappa shape index (κ3) is 4.31. The molecule has 3 aromatic heterocycles. The van der Waals surface area contributed by atoms with Crippen LogP contribution in [-0.2, 0) is 0 Å². The number of nitrogens with one attached hydrogen (secondary N) is 1. The van der Waals surface area contributed by atoms with Crippen molar-refractivity contribution in [2.24, 2.45) is 10.2 Å². The summed E-state index contributed by atoms with van der Waals surface area (Å²) in [7, 11) is 0. The lowest BCUT2D eigenvalue weighted by molar-refractivity contribution is 0.102. The largest absolute Gasteiger partial charge is 0.505 e. The van der Waals surface area contributed by atoms with E-state index in [1.807, 2.05) is 6.07 Å². The van der Waals surface area contributed by atoms with E-state index in [0.717, 1.165) is 0 Å². The normalized spacial score (nSPS) is 11.0. The molecule has 36 heavy (non-hydrogen) atoms. The molecule has 12 heteroatoms. The fourth-order valence-electron chi connectivity index (χ4n) is 3.40. The zero-order chi connectivity index (χ0) is 25.1. The van der Waals surface area contributed by atoms with Gasteiger partial charge in [0.25, 0.3) is 11.9 Å². The Morgan fingerprint density at radius 2 is 1.86 bits per heavy atom. The highest BCUT2D eigenvalue weighted by Gasteiger charge is 2.20. The van der Waals surface area contributed by atoms with Gasteiger partial charge in [0.05, 0.1) is 23.6 Å². The molecule has 0 aliphatic carbocycles. The summed E-state index contributed by atoms with van der Waals surface area (Å²) in [6.45, 7) is 0. The van der Waals surface area contributed by atoms with Crippen molar-refractivity contribution in [3.05, 3.63) is 89.6 Å². The van der Waals surface area contributed by atoms with E-state index in [1.165, 1.54) is 35.5 Å². The number of phenolic OH excluding ortho intramolecular Hbond substituents is 1. The Balaban J connectivity index is 1.60. The monoisotopic (exact) mass is 495 g/mol. The third-order valence-electron chi connectivity index (χ3n) is 5.08. The molecule has 0 aliphatic heterocycles. The van der Waals surface area contributed by atoms with Gasteiger partial charge in [0, 0.05) is 17.8 Å². The summed E-state index contributed by atoms with van der Waals surface area (Å²) in [5, 5.41) is 37.3. The molecular weight excluding hydrogens is 482 g/mol. The van der Waals surface area contributed by atoms with Crippen LogP contribution in [0.15, 0.2) is 83.5 Å². The van der Waals surface area contributed by atoms with E-state index in [1.54, 1.807) is 42.5 Å². The smallest absolute Gasteiger partial charge is 0.259 e. The van der Waals surface area contributed by atoms with Crippen molar-refractivity contribution in [3.8, 4) is 17.8 Å². The summed E-state index contributed by atoms with van der Waals surface area (Å²) in [6, 6.07) is 15.4. The Kier molecular flexibility index (Phi) is 6.00. The van der Waals surface area contributed by atoms with E-state index in [-0.39, 0.29) is 33.7 Å². The molecule has 174 valence electrons. The van der Waals surface area contributed by atoms with Gasteiger partial charge < -0.3 is 10.4 Å². The van der Waals surface area contributed by atoms with Gasteiger partial charge in [-0.1, -0.05) is 35.9 Å². The summed E-state index contributed by atoms with van der Waals surface area (Å²) >= 11 is 5.80. The maximum atomic E-state index is 13.0. The van der Waals surface area contributed by atoms with Gasteiger partial charge in [-0.25, -0.2) is 15.0 Å². The molecule has 0 spiro atoms. The topological polar surface area (TPSA) is 154 Å². The molecule has 2 aromatic carbocycles. The predicted molar refractivity (Wildman–Crippen MR) is 131 cm³/mol. The highest BCUT2D eigenvalue weighted by molar-refractivity contribution is 6.29. The number of pyridine rings is 1. The lowest BCUT2D eigenvalue weighted by Gasteiger charge is -2.11. The molecule has 0 unspecified atom stereocenters. The predicted octanol–water partition coefficient (Wildman–Crippen LogP) is 5.11. The SMILES string of the molecule is N#Cc1cnn(-c2ncccn2)c1/N=N/c1c(O)c(C(=O)Nc2ccc(Cl)nc2)cc2ccccc12. The second-order valence-corrected chi connectivity index (χ2v) is 7.71. The van der Waals surface area contributed by atoms with Crippen molar-refractivity contribution < 1.29 is 9.90 Å². The number of halogens is 1. The number of hydrogen-bond acceptors (Lipinski definition) is 9. The third-order valence-corrected chi connectivity index (χ3v) is 5.30. The minimum Gasteiger partial charge on any atom is -0.505 e. The van der Waals surface area contributed by atoms with Crippen molar-refractivity contribution in [2.75, 3.05) is 5.32 Å². The van der Waals surface area contributed by atoms with Gasteiger partial charge in [-0.15, -0.1) is 10.2 Å². The van der Waals surface area contributed by atoms with Crippen molar-refractivity contribution in [1.82, 2.24) is 24.7 Å². The number of hydrogen-bond donors (Lipinski definition) is 2. The van der Waals surface area contributed by atoms with Crippen LogP contribution in [0.1, 0.15) is 15.9 Å². The first-order chi connectivity index (χ1) is 17.5. The number of amides is 1. The number of benzene rings is 2. The first-order valence-electron chi connectivity index (χ1n) is 10.4. The molecule has 0 atom stereocenters. The van der Waals surface area contributed by atoms with Gasteiger partial charge in [0.2, 0.25) is 0 Å². The van der Waals surface area contributed by atoms with Crippen LogP contribution in [-0.4, -0.2) is 35.7 Å². The molecule has 0 fully saturated rings. The molecule has 0 saturated carbocycles. The average Bonchev–Trinajstić information content (AvgIpc) is 3.32. The second-order valence-electron chi connectivity index (χ2n) is 7.32. The van der Waals surface area contributed by atoms with Gasteiger partial charge in [-0.05, 0) is 29.7 Å². The van der Waals surface area contributed by atoms with Gasteiger partial charge in [-0.3, -0.25) is 4.79 Å². The minimum atomic E-state index is -0.584. The molecular formula is C24H14ClN9O2. The highest BCUT2D eigenvalue weighted by atomic mass is 35.5. The van der Waals surface area contributed by atoms with Gasteiger partial charge in [-0.2, -0.15) is 15.0 Å². The molecule has 3 heterocycles. The number of carbonyl (C=O) groups is 1. The Morgan fingerprint density at radius 1 is 1.06 bits per heavy atom. The molecule has 2 N–H and O–H groups in total. The Morgan fingerprint density at radius 3 is 2.61 bits per heavy atom. The first kappa shape index (κ1) is 22.6. The van der Waals surface area contributed by atoms with Crippen LogP contribution >= 0.6 is 11.6 Å². The number of aromatic hydroxyl groups is 1. The molecule has 0 aliphatic rings. The van der Waals surface area contributed by atoms with Crippen LogP contribution in [0, 0.1) is 11.3 Å². The number of carbonyl (C=O) groups excluding carboxylic acids is 1. The van der Waals surface area contributed by atoms with Gasteiger partial charge in [0.15, 0.2) is 11.6 Å².